The van der Waals surface area contributed by atoms with Crippen LogP contribution in [0.25, 0.3) is 0 Å². The monoisotopic (exact) mass is 416 g/mol. The van der Waals surface area contributed by atoms with Gasteiger partial charge in [-0.15, -0.1) is 11.8 Å². The second-order valence-corrected chi connectivity index (χ2v) is 10.7. The standard InChI is InChI=1S/C21H24N2O3S2/c1-14-7-8-15(2)16(9-14)11-22-19-12-28(25,26)13-20(19)23(21(22)24)17-5-4-6-18(10-17)27-3/h4-10,19-20H,11-13H2,1-3H3/t19-,20+/m0/s1. The van der Waals surface area contributed by atoms with Gasteiger partial charge in [-0.3, -0.25) is 4.90 Å². The highest BCUT2D eigenvalue weighted by Crippen LogP contribution is 2.37. The molecule has 0 aromatic heterocycles. The van der Waals surface area contributed by atoms with Crippen molar-refractivity contribution in [3.8, 4) is 0 Å². The van der Waals surface area contributed by atoms with Crippen LogP contribution in [0.5, 0.6) is 0 Å². The number of carbonyl (C=O) groups excluding carboxylic acids is 1. The molecule has 2 amide bonds. The van der Waals surface area contributed by atoms with E-state index in [0.29, 0.717) is 6.54 Å². The smallest absolute Gasteiger partial charge is 0.314 e. The van der Waals surface area contributed by atoms with Crippen LogP contribution >= 0.6 is 11.8 Å². The van der Waals surface area contributed by atoms with Crippen molar-refractivity contribution in [2.24, 2.45) is 0 Å². The third kappa shape index (κ3) is 3.42. The normalized spacial score (nSPS) is 23.3. The van der Waals surface area contributed by atoms with Crippen LogP contribution in [0.15, 0.2) is 47.4 Å². The van der Waals surface area contributed by atoms with Crippen LogP contribution in [0.2, 0.25) is 0 Å². The molecule has 148 valence electrons. The zero-order chi connectivity index (χ0) is 20.1. The SMILES string of the molecule is CSc1cccc(N2C(=O)N(Cc3cc(C)ccc3C)[C@H]3CS(=O)(=O)C[C@H]32)c1. The Labute approximate surface area is 170 Å². The van der Waals surface area contributed by atoms with E-state index in [1.54, 1.807) is 21.6 Å². The second-order valence-electron chi connectivity index (χ2n) is 7.62. The van der Waals surface area contributed by atoms with Crippen LogP contribution in [0, 0.1) is 13.8 Å². The average Bonchev–Trinajstić information content (AvgIpc) is 3.08. The first-order valence-corrected chi connectivity index (χ1v) is 12.3. The number of benzene rings is 2. The molecule has 0 N–H and O–H groups in total. The summed E-state index contributed by atoms with van der Waals surface area (Å²) in [4.78, 5) is 17.9. The lowest BCUT2D eigenvalue weighted by Crippen LogP contribution is -2.37. The minimum atomic E-state index is -3.17. The van der Waals surface area contributed by atoms with Crippen molar-refractivity contribution in [1.82, 2.24) is 4.90 Å². The molecule has 2 atom stereocenters. The number of hydrogen-bond acceptors (Lipinski definition) is 4. The quantitative estimate of drug-likeness (QED) is 0.564. The molecule has 5 nitrogen and oxygen atoms in total. The lowest BCUT2D eigenvalue weighted by molar-refractivity contribution is 0.205. The van der Waals surface area contributed by atoms with Crippen molar-refractivity contribution in [1.29, 1.82) is 0 Å². The summed E-state index contributed by atoms with van der Waals surface area (Å²) in [5, 5.41) is 0. The Morgan fingerprint density at radius 1 is 1.07 bits per heavy atom. The van der Waals surface area contributed by atoms with Gasteiger partial charge in [-0.2, -0.15) is 0 Å². The van der Waals surface area contributed by atoms with E-state index in [1.165, 1.54) is 0 Å². The zero-order valence-electron chi connectivity index (χ0n) is 16.3. The van der Waals surface area contributed by atoms with Crippen molar-refractivity contribution in [2.75, 3.05) is 22.7 Å². The van der Waals surface area contributed by atoms with Crippen molar-refractivity contribution in [2.45, 2.75) is 37.4 Å². The number of rotatable bonds is 4. The Morgan fingerprint density at radius 3 is 2.57 bits per heavy atom. The number of nitrogens with zero attached hydrogens (tertiary/aromatic N) is 2. The molecule has 0 bridgehead atoms. The van der Waals surface area contributed by atoms with Crippen LogP contribution in [-0.2, 0) is 16.4 Å². The van der Waals surface area contributed by atoms with E-state index in [-0.39, 0.29) is 29.6 Å². The van der Waals surface area contributed by atoms with E-state index >= 15 is 0 Å². The van der Waals surface area contributed by atoms with Crippen LogP contribution < -0.4 is 4.90 Å². The van der Waals surface area contributed by atoms with Gasteiger partial charge < -0.3 is 4.90 Å². The maximum atomic E-state index is 13.4. The fourth-order valence-electron chi connectivity index (χ4n) is 4.18. The maximum absolute atomic E-state index is 13.4. The molecule has 0 saturated carbocycles. The lowest BCUT2D eigenvalue weighted by atomic mass is 10.0. The highest BCUT2D eigenvalue weighted by Gasteiger charge is 2.53. The summed E-state index contributed by atoms with van der Waals surface area (Å²) in [6, 6.07) is 13.2. The van der Waals surface area contributed by atoms with Gasteiger partial charge in [0.25, 0.3) is 0 Å². The Morgan fingerprint density at radius 2 is 1.82 bits per heavy atom. The Hall–Kier alpha value is -1.99. The van der Waals surface area contributed by atoms with Crippen molar-refractivity contribution in [3.63, 3.8) is 0 Å². The number of hydrogen-bond donors (Lipinski definition) is 0. The van der Waals surface area contributed by atoms with Gasteiger partial charge in [-0.05, 0) is 49.4 Å². The van der Waals surface area contributed by atoms with E-state index in [1.807, 2.05) is 56.5 Å². The van der Waals surface area contributed by atoms with E-state index in [0.717, 1.165) is 27.3 Å². The summed E-state index contributed by atoms with van der Waals surface area (Å²) in [6.07, 6.45) is 1.99. The van der Waals surface area contributed by atoms with Gasteiger partial charge in [0.1, 0.15) is 0 Å². The minimum absolute atomic E-state index is 0.0240. The Kier molecular flexibility index (Phi) is 4.91. The van der Waals surface area contributed by atoms with Gasteiger partial charge in [0.05, 0.1) is 23.6 Å². The first kappa shape index (κ1) is 19.3. The summed E-state index contributed by atoms with van der Waals surface area (Å²) in [5.41, 5.74) is 4.08. The van der Waals surface area contributed by atoms with E-state index in [9.17, 15) is 13.2 Å². The highest BCUT2D eigenvalue weighted by molar-refractivity contribution is 7.98. The highest BCUT2D eigenvalue weighted by atomic mass is 32.2. The molecule has 0 unspecified atom stereocenters. The molecule has 0 radical (unpaired) electrons. The second kappa shape index (κ2) is 7.12. The van der Waals surface area contributed by atoms with Crippen LogP contribution in [0.3, 0.4) is 0 Å². The van der Waals surface area contributed by atoms with Gasteiger partial charge in [0, 0.05) is 17.1 Å². The van der Waals surface area contributed by atoms with Gasteiger partial charge in [0.2, 0.25) is 0 Å². The largest absolute Gasteiger partial charge is 0.325 e. The average molecular weight is 417 g/mol. The van der Waals surface area contributed by atoms with Crippen LogP contribution in [0.1, 0.15) is 16.7 Å². The molecular weight excluding hydrogens is 392 g/mol. The third-order valence-corrected chi connectivity index (χ3v) is 8.08. The van der Waals surface area contributed by atoms with E-state index in [2.05, 4.69) is 6.07 Å². The van der Waals surface area contributed by atoms with Gasteiger partial charge >= 0.3 is 6.03 Å². The number of amides is 2. The topological polar surface area (TPSA) is 57.7 Å². The predicted octanol–water partition coefficient (Wildman–Crippen LogP) is 3.63. The van der Waals surface area contributed by atoms with E-state index in [4.69, 9.17) is 0 Å². The van der Waals surface area contributed by atoms with Crippen molar-refractivity contribution < 1.29 is 13.2 Å². The predicted molar refractivity (Wildman–Crippen MR) is 114 cm³/mol. The van der Waals surface area contributed by atoms with Crippen LogP contribution in [-0.4, -0.2) is 49.2 Å². The fraction of sp³-hybridized carbons (Fsp3) is 0.381. The van der Waals surface area contributed by atoms with Gasteiger partial charge in [-0.25, -0.2) is 13.2 Å². The first-order valence-electron chi connectivity index (χ1n) is 9.29. The molecule has 2 heterocycles. The fourth-order valence-corrected chi connectivity index (χ4v) is 6.58. The lowest BCUT2D eigenvalue weighted by Gasteiger charge is -2.23. The summed E-state index contributed by atoms with van der Waals surface area (Å²) in [5.74, 6) is 0.0587. The molecular formula is C21H24N2O3S2. The summed E-state index contributed by atoms with van der Waals surface area (Å²) in [6.45, 7) is 4.48. The summed E-state index contributed by atoms with van der Waals surface area (Å²) < 4.78 is 24.8. The zero-order valence-corrected chi connectivity index (χ0v) is 17.9. The summed E-state index contributed by atoms with van der Waals surface area (Å²) in [7, 11) is -3.17. The Bertz CT molecular complexity index is 1040. The Balaban J connectivity index is 1.73. The number of aryl methyl sites for hydroxylation is 2. The molecule has 0 spiro atoms. The third-order valence-electron chi connectivity index (χ3n) is 5.65. The van der Waals surface area contributed by atoms with E-state index < -0.39 is 9.84 Å². The summed E-state index contributed by atoms with van der Waals surface area (Å²) >= 11 is 1.61. The van der Waals surface area contributed by atoms with Crippen molar-refractivity contribution >= 4 is 33.3 Å². The molecule has 2 aliphatic rings. The van der Waals surface area contributed by atoms with Gasteiger partial charge in [-0.1, -0.05) is 29.8 Å². The molecule has 28 heavy (non-hydrogen) atoms. The molecule has 2 fully saturated rings. The van der Waals surface area contributed by atoms with Crippen molar-refractivity contribution in [3.05, 3.63) is 59.2 Å². The molecule has 2 saturated heterocycles. The number of urea groups is 1. The number of carbonyl (C=O) groups is 1. The van der Waals surface area contributed by atoms with Crippen LogP contribution in [0.4, 0.5) is 10.5 Å². The molecule has 4 rings (SSSR count). The molecule has 2 aromatic rings. The number of anilines is 1. The number of fused-ring (bicyclic) bond motifs is 1. The number of thioether (sulfide) groups is 1. The molecule has 7 heteroatoms. The molecule has 0 aliphatic carbocycles. The van der Waals surface area contributed by atoms with Gasteiger partial charge in [0.15, 0.2) is 9.84 Å². The first-order chi connectivity index (χ1) is 13.3. The number of sulfone groups is 1. The molecule has 2 aromatic carbocycles. The minimum Gasteiger partial charge on any atom is -0.314 e. The molecule has 2 aliphatic heterocycles. The maximum Gasteiger partial charge on any atom is 0.325 e.